The summed E-state index contributed by atoms with van der Waals surface area (Å²) in [4.78, 5) is 3.68. The standard InChI is InChI=1S/C19H19NO2/c1-14(10-11-20-3)17-6-9-19(15(2)12-17)22-18-7-4-16(13-21)5-8-18/h4-12,21H,1,3,13H2,2H3/b11-10-. The molecule has 0 aliphatic heterocycles. The molecule has 2 aromatic rings. The molecule has 3 nitrogen and oxygen atoms in total. The van der Waals surface area contributed by atoms with E-state index in [2.05, 4.69) is 18.3 Å². The van der Waals surface area contributed by atoms with Crippen LogP contribution in [0, 0.1) is 6.92 Å². The molecule has 0 aromatic heterocycles. The number of aliphatic hydroxyl groups is 1. The van der Waals surface area contributed by atoms with Crippen LogP contribution in [0.15, 0.2) is 66.3 Å². The van der Waals surface area contributed by atoms with Crippen molar-refractivity contribution in [2.45, 2.75) is 13.5 Å². The summed E-state index contributed by atoms with van der Waals surface area (Å²) in [5, 5.41) is 9.04. The lowest BCUT2D eigenvalue weighted by atomic mass is 10.0. The number of nitrogens with zero attached hydrogens (tertiary/aromatic N) is 1. The summed E-state index contributed by atoms with van der Waals surface area (Å²) in [7, 11) is 0. The van der Waals surface area contributed by atoms with Gasteiger partial charge in [0.15, 0.2) is 0 Å². The number of hydrogen-bond acceptors (Lipinski definition) is 3. The zero-order valence-electron chi connectivity index (χ0n) is 12.6. The highest BCUT2D eigenvalue weighted by Gasteiger charge is 2.04. The Labute approximate surface area is 130 Å². The normalized spacial score (nSPS) is 10.6. The molecule has 0 aliphatic carbocycles. The predicted octanol–water partition coefficient (Wildman–Crippen LogP) is 4.51. The van der Waals surface area contributed by atoms with Gasteiger partial charge in [0, 0.05) is 6.20 Å². The molecule has 0 fully saturated rings. The van der Waals surface area contributed by atoms with Gasteiger partial charge in [-0.2, -0.15) is 0 Å². The van der Waals surface area contributed by atoms with Gasteiger partial charge in [-0.15, -0.1) is 0 Å². The van der Waals surface area contributed by atoms with Crippen LogP contribution in [0.1, 0.15) is 16.7 Å². The number of ether oxygens (including phenoxy) is 1. The van der Waals surface area contributed by atoms with E-state index in [0.29, 0.717) is 0 Å². The summed E-state index contributed by atoms with van der Waals surface area (Å²) in [5.74, 6) is 1.53. The maximum Gasteiger partial charge on any atom is 0.130 e. The Hall–Kier alpha value is -2.65. The van der Waals surface area contributed by atoms with Crippen molar-refractivity contribution in [2.24, 2.45) is 4.99 Å². The minimum absolute atomic E-state index is 0.0310. The zero-order chi connectivity index (χ0) is 15.9. The molecule has 3 heteroatoms. The van der Waals surface area contributed by atoms with Gasteiger partial charge in [0.25, 0.3) is 0 Å². The third-order valence-corrected chi connectivity index (χ3v) is 3.26. The third-order valence-electron chi connectivity index (χ3n) is 3.26. The molecule has 0 saturated carbocycles. The topological polar surface area (TPSA) is 41.8 Å². The van der Waals surface area contributed by atoms with Gasteiger partial charge < -0.3 is 9.84 Å². The van der Waals surface area contributed by atoms with Crippen LogP contribution in [-0.2, 0) is 6.61 Å². The molecule has 1 N–H and O–H groups in total. The molecule has 2 aromatic carbocycles. The second-order valence-corrected chi connectivity index (χ2v) is 4.91. The highest BCUT2D eigenvalue weighted by molar-refractivity contribution is 5.73. The average molecular weight is 293 g/mol. The maximum atomic E-state index is 9.04. The Morgan fingerprint density at radius 1 is 1.23 bits per heavy atom. The summed E-state index contributed by atoms with van der Waals surface area (Å²) < 4.78 is 5.87. The molecule has 22 heavy (non-hydrogen) atoms. The Morgan fingerprint density at radius 3 is 2.55 bits per heavy atom. The lowest BCUT2D eigenvalue weighted by molar-refractivity contribution is 0.281. The highest BCUT2D eigenvalue weighted by atomic mass is 16.5. The number of rotatable bonds is 6. The quantitative estimate of drug-likeness (QED) is 0.629. The minimum Gasteiger partial charge on any atom is -0.457 e. The summed E-state index contributed by atoms with van der Waals surface area (Å²) in [6.45, 7) is 9.42. The molecule has 0 amide bonds. The first-order valence-electron chi connectivity index (χ1n) is 6.94. The van der Waals surface area contributed by atoms with E-state index in [4.69, 9.17) is 9.84 Å². The van der Waals surface area contributed by atoms with Crippen molar-refractivity contribution in [3.63, 3.8) is 0 Å². The molecule has 0 atom stereocenters. The monoisotopic (exact) mass is 293 g/mol. The molecular weight excluding hydrogens is 274 g/mol. The van der Waals surface area contributed by atoms with E-state index in [1.165, 1.54) is 0 Å². The summed E-state index contributed by atoms with van der Waals surface area (Å²) in [5.41, 5.74) is 3.76. The van der Waals surface area contributed by atoms with Crippen molar-refractivity contribution in [1.82, 2.24) is 0 Å². The van der Waals surface area contributed by atoms with Crippen LogP contribution in [0.4, 0.5) is 0 Å². The molecule has 0 aliphatic rings. The van der Waals surface area contributed by atoms with E-state index in [-0.39, 0.29) is 6.61 Å². The predicted molar refractivity (Wildman–Crippen MR) is 91.3 cm³/mol. The van der Waals surface area contributed by atoms with Crippen LogP contribution in [0.25, 0.3) is 5.57 Å². The van der Waals surface area contributed by atoms with Crippen LogP contribution in [-0.4, -0.2) is 11.8 Å². The van der Waals surface area contributed by atoms with Crippen LogP contribution in [0.2, 0.25) is 0 Å². The number of benzene rings is 2. The molecular formula is C19H19NO2. The van der Waals surface area contributed by atoms with Gasteiger partial charge >= 0.3 is 0 Å². The summed E-state index contributed by atoms with van der Waals surface area (Å²) >= 11 is 0. The van der Waals surface area contributed by atoms with Crippen molar-refractivity contribution in [3.8, 4) is 11.5 Å². The zero-order valence-corrected chi connectivity index (χ0v) is 12.6. The molecule has 0 bridgehead atoms. The van der Waals surface area contributed by atoms with Crippen molar-refractivity contribution >= 4 is 12.3 Å². The Bertz CT molecular complexity index is 700. The fraction of sp³-hybridized carbons (Fsp3) is 0.105. The van der Waals surface area contributed by atoms with Crippen molar-refractivity contribution in [3.05, 3.63) is 78.0 Å². The van der Waals surface area contributed by atoms with Gasteiger partial charge in [-0.3, -0.25) is 4.99 Å². The number of allylic oxidation sites excluding steroid dienone is 2. The minimum atomic E-state index is 0.0310. The van der Waals surface area contributed by atoms with E-state index < -0.39 is 0 Å². The number of aliphatic hydroxyl groups excluding tert-OH is 1. The largest absolute Gasteiger partial charge is 0.457 e. The van der Waals surface area contributed by atoms with Gasteiger partial charge in [0.1, 0.15) is 11.5 Å². The van der Waals surface area contributed by atoms with Crippen molar-refractivity contribution < 1.29 is 9.84 Å². The van der Waals surface area contributed by atoms with E-state index in [1.807, 2.05) is 55.5 Å². The number of aliphatic imine (C=N–C) groups is 1. The van der Waals surface area contributed by atoms with E-state index >= 15 is 0 Å². The second-order valence-electron chi connectivity index (χ2n) is 4.91. The molecule has 112 valence electrons. The van der Waals surface area contributed by atoms with Crippen molar-refractivity contribution in [2.75, 3.05) is 0 Å². The van der Waals surface area contributed by atoms with E-state index in [0.717, 1.165) is 33.8 Å². The first kappa shape index (κ1) is 15.7. The first-order valence-corrected chi connectivity index (χ1v) is 6.94. The van der Waals surface area contributed by atoms with Gasteiger partial charge in [-0.05, 0) is 66.2 Å². The van der Waals surface area contributed by atoms with Gasteiger partial charge in [-0.25, -0.2) is 0 Å². The lowest BCUT2D eigenvalue weighted by Gasteiger charge is -2.11. The SMILES string of the molecule is C=N/C=C\C(=C)c1ccc(Oc2ccc(CO)cc2)c(C)c1. The Kier molecular flexibility index (Phi) is 5.28. The van der Waals surface area contributed by atoms with E-state index in [1.54, 1.807) is 6.20 Å². The maximum absolute atomic E-state index is 9.04. The molecule has 0 heterocycles. The Balaban J connectivity index is 2.16. The lowest BCUT2D eigenvalue weighted by Crippen LogP contribution is -1.90. The summed E-state index contributed by atoms with van der Waals surface area (Å²) in [6, 6.07) is 13.3. The number of aryl methyl sites for hydroxylation is 1. The fourth-order valence-corrected chi connectivity index (χ4v) is 1.99. The third kappa shape index (κ3) is 3.93. The molecule has 2 rings (SSSR count). The summed E-state index contributed by atoms with van der Waals surface area (Å²) in [6.07, 6.45) is 3.43. The first-order chi connectivity index (χ1) is 10.6. The van der Waals surface area contributed by atoms with Crippen LogP contribution >= 0.6 is 0 Å². The Morgan fingerprint density at radius 2 is 1.95 bits per heavy atom. The van der Waals surface area contributed by atoms with Crippen LogP contribution < -0.4 is 4.74 Å². The highest BCUT2D eigenvalue weighted by Crippen LogP contribution is 2.28. The molecule has 0 saturated heterocycles. The average Bonchev–Trinajstić information content (AvgIpc) is 2.55. The van der Waals surface area contributed by atoms with Gasteiger partial charge in [-0.1, -0.05) is 24.8 Å². The van der Waals surface area contributed by atoms with Gasteiger partial charge in [0.05, 0.1) is 6.61 Å². The van der Waals surface area contributed by atoms with Crippen LogP contribution in [0.5, 0.6) is 11.5 Å². The van der Waals surface area contributed by atoms with Crippen LogP contribution in [0.3, 0.4) is 0 Å². The number of hydrogen-bond donors (Lipinski definition) is 1. The van der Waals surface area contributed by atoms with Gasteiger partial charge in [0.2, 0.25) is 0 Å². The van der Waals surface area contributed by atoms with E-state index in [9.17, 15) is 0 Å². The second kappa shape index (κ2) is 7.38. The molecule has 0 spiro atoms. The van der Waals surface area contributed by atoms with Crippen molar-refractivity contribution in [1.29, 1.82) is 0 Å². The molecule has 0 radical (unpaired) electrons. The molecule has 0 unspecified atom stereocenters. The fourth-order valence-electron chi connectivity index (χ4n) is 1.99. The smallest absolute Gasteiger partial charge is 0.130 e.